The minimum absolute atomic E-state index is 0.0715. The van der Waals surface area contributed by atoms with Gasteiger partial charge in [-0.05, 0) is 43.3 Å². The standard InChI is InChI=1S/C17H15FN4O4/c1-11(10-16(23)19-14-6-4-13(18)5-7-14)20-21-17(24)12-2-8-15(9-3-12)22(25)26/h2-9H,10H2,1H3,(H,19,23)(H,21,24)/b20-11-. The third kappa shape index (κ3) is 5.48. The van der Waals surface area contributed by atoms with Gasteiger partial charge >= 0.3 is 0 Å². The number of nitrogens with one attached hydrogen (secondary N) is 2. The lowest BCUT2D eigenvalue weighted by molar-refractivity contribution is -0.384. The van der Waals surface area contributed by atoms with Crippen molar-refractivity contribution < 1.29 is 18.9 Å². The summed E-state index contributed by atoms with van der Waals surface area (Å²) in [7, 11) is 0. The number of nitro benzene ring substituents is 1. The van der Waals surface area contributed by atoms with Crippen LogP contribution in [0.25, 0.3) is 0 Å². The van der Waals surface area contributed by atoms with Crippen LogP contribution in [0.1, 0.15) is 23.7 Å². The SMILES string of the molecule is C/C(CC(=O)Nc1ccc(F)cc1)=N/NC(=O)c1ccc([N+](=O)[O-])cc1. The van der Waals surface area contributed by atoms with Crippen molar-refractivity contribution in [3.05, 3.63) is 70.0 Å². The van der Waals surface area contributed by atoms with Gasteiger partial charge in [0.05, 0.1) is 11.3 Å². The van der Waals surface area contributed by atoms with Gasteiger partial charge in [-0.3, -0.25) is 19.7 Å². The predicted molar refractivity (Wildman–Crippen MR) is 93.3 cm³/mol. The molecular weight excluding hydrogens is 343 g/mol. The Morgan fingerprint density at radius 1 is 1.12 bits per heavy atom. The van der Waals surface area contributed by atoms with Gasteiger partial charge in [0.15, 0.2) is 0 Å². The summed E-state index contributed by atoms with van der Waals surface area (Å²) in [5, 5.41) is 17.0. The highest BCUT2D eigenvalue weighted by Gasteiger charge is 2.10. The summed E-state index contributed by atoms with van der Waals surface area (Å²) in [4.78, 5) is 33.8. The van der Waals surface area contributed by atoms with Gasteiger partial charge in [-0.2, -0.15) is 5.10 Å². The molecule has 0 unspecified atom stereocenters. The van der Waals surface area contributed by atoms with Crippen molar-refractivity contribution in [2.75, 3.05) is 5.32 Å². The molecule has 2 rings (SSSR count). The Morgan fingerprint density at radius 2 is 1.73 bits per heavy atom. The molecule has 0 fully saturated rings. The molecule has 0 bridgehead atoms. The lowest BCUT2D eigenvalue weighted by Crippen LogP contribution is -2.21. The Bertz CT molecular complexity index is 848. The number of benzene rings is 2. The molecule has 9 heteroatoms. The molecule has 26 heavy (non-hydrogen) atoms. The first kappa shape index (κ1) is 18.7. The average Bonchev–Trinajstić information content (AvgIpc) is 2.61. The maximum atomic E-state index is 12.8. The number of nitro groups is 1. The van der Waals surface area contributed by atoms with E-state index in [2.05, 4.69) is 15.8 Å². The van der Waals surface area contributed by atoms with Crippen LogP contribution < -0.4 is 10.7 Å². The van der Waals surface area contributed by atoms with Crippen LogP contribution in [-0.2, 0) is 4.79 Å². The maximum Gasteiger partial charge on any atom is 0.271 e. The van der Waals surface area contributed by atoms with E-state index in [9.17, 15) is 24.1 Å². The summed E-state index contributed by atoms with van der Waals surface area (Å²) in [6.07, 6.45) is -0.0715. The Balaban J connectivity index is 1.88. The molecule has 0 spiro atoms. The molecular formula is C17H15FN4O4. The van der Waals surface area contributed by atoms with Crippen LogP contribution in [0.3, 0.4) is 0 Å². The summed E-state index contributed by atoms with van der Waals surface area (Å²) < 4.78 is 12.8. The molecule has 134 valence electrons. The number of non-ortho nitro benzene ring substituents is 1. The number of hydrazone groups is 1. The maximum absolute atomic E-state index is 12.8. The van der Waals surface area contributed by atoms with E-state index < -0.39 is 16.6 Å². The highest BCUT2D eigenvalue weighted by Crippen LogP contribution is 2.12. The quantitative estimate of drug-likeness (QED) is 0.469. The Labute approximate surface area is 147 Å². The molecule has 0 atom stereocenters. The van der Waals surface area contributed by atoms with Gasteiger partial charge in [0, 0.05) is 29.1 Å². The Kier molecular flexibility index (Phi) is 6.10. The van der Waals surface area contributed by atoms with Crippen LogP contribution in [-0.4, -0.2) is 22.4 Å². The molecule has 0 aliphatic rings. The molecule has 2 N–H and O–H groups in total. The van der Waals surface area contributed by atoms with Crippen molar-refractivity contribution in [2.45, 2.75) is 13.3 Å². The fourth-order valence-electron chi connectivity index (χ4n) is 1.96. The van der Waals surface area contributed by atoms with Crippen LogP contribution in [0.2, 0.25) is 0 Å². The minimum Gasteiger partial charge on any atom is -0.326 e. The summed E-state index contributed by atoms with van der Waals surface area (Å²) >= 11 is 0. The normalized spacial score (nSPS) is 10.9. The summed E-state index contributed by atoms with van der Waals surface area (Å²) in [6.45, 7) is 1.56. The highest BCUT2D eigenvalue weighted by atomic mass is 19.1. The first-order valence-electron chi connectivity index (χ1n) is 7.48. The fourth-order valence-corrected chi connectivity index (χ4v) is 1.96. The van der Waals surface area contributed by atoms with Crippen molar-refractivity contribution in [2.24, 2.45) is 5.10 Å². The van der Waals surface area contributed by atoms with Crippen LogP contribution >= 0.6 is 0 Å². The summed E-state index contributed by atoms with van der Waals surface area (Å²) in [6, 6.07) is 10.3. The lowest BCUT2D eigenvalue weighted by Gasteiger charge is -2.05. The predicted octanol–water partition coefficient (Wildman–Crippen LogP) is 2.87. The molecule has 0 aromatic heterocycles. The average molecular weight is 358 g/mol. The van der Waals surface area contributed by atoms with E-state index in [4.69, 9.17) is 0 Å². The van der Waals surface area contributed by atoms with Crippen molar-refractivity contribution in [3.63, 3.8) is 0 Å². The number of carbonyl (C=O) groups is 2. The number of amides is 2. The van der Waals surface area contributed by atoms with Crippen LogP contribution in [0.4, 0.5) is 15.8 Å². The second-order valence-electron chi connectivity index (χ2n) is 5.32. The van der Waals surface area contributed by atoms with E-state index in [1.165, 1.54) is 48.5 Å². The second kappa shape index (κ2) is 8.47. The van der Waals surface area contributed by atoms with Gasteiger partial charge in [0.2, 0.25) is 5.91 Å². The van der Waals surface area contributed by atoms with Crippen molar-refractivity contribution in [1.29, 1.82) is 0 Å². The first-order chi connectivity index (χ1) is 12.3. The van der Waals surface area contributed by atoms with Gasteiger partial charge in [-0.15, -0.1) is 0 Å². The summed E-state index contributed by atoms with van der Waals surface area (Å²) in [5.41, 5.74) is 3.14. The lowest BCUT2D eigenvalue weighted by atomic mass is 10.2. The largest absolute Gasteiger partial charge is 0.326 e. The third-order valence-corrected chi connectivity index (χ3v) is 3.23. The van der Waals surface area contributed by atoms with E-state index in [-0.39, 0.29) is 23.6 Å². The van der Waals surface area contributed by atoms with Crippen molar-refractivity contribution in [1.82, 2.24) is 5.43 Å². The Morgan fingerprint density at radius 3 is 2.31 bits per heavy atom. The van der Waals surface area contributed by atoms with E-state index in [1.54, 1.807) is 6.92 Å². The van der Waals surface area contributed by atoms with Gasteiger partial charge in [0.1, 0.15) is 5.82 Å². The molecule has 8 nitrogen and oxygen atoms in total. The zero-order valence-corrected chi connectivity index (χ0v) is 13.7. The van der Waals surface area contributed by atoms with Crippen LogP contribution in [0.15, 0.2) is 53.6 Å². The number of rotatable bonds is 6. The molecule has 2 amide bonds. The van der Waals surface area contributed by atoms with Gasteiger partial charge in [-0.1, -0.05) is 0 Å². The number of carbonyl (C=O) groups excluding carboxylic acids is 2. The van der Waals surface area contributed by atoms with E-state index in [1.807, 2.05) is 0 Å². The van der Waals surface area contributed by atoms with Crippen LogP contribution in [0, 0.1) is 15.9 Å². The van der Waals surface area contributed by atoms with E-state index in [0.29, 0.717) is 11.4 Å². The minimum atomic E-state index is -0.566. The molecule has 0 radical (unpaired) electrons. The van der Waals surface area contributed by atoms with E-state index >= 15 is 0 Å². The molecule has 2 aromatic rings. The topological polar surface area (TPSA) is 114 Å². The van der Waals surface area contributed by atoms with Gasteiger partial charge in [0.25, 0.3) is 11.6 Å². The number of halogens is 1. The fraction of sp³-hybridized carbons (Fsp3) is 0.118. The molecule has 0 saturated heterocycles. The number of anilines is 1. The number of hydrogen-bond donors (Lipinski definition) is 2. The molecule has 0 heterocycles. The number of hydrogen-bond acceptors (Lipinski definition) is 5. The highest BCUT2D eigenvalue weighted by molar-refractivity contribution is 6.06. The zero-order chi connectivity index (χ0) is 19.1. The Hall–Kier alpha value is -3.62. The molecule has 0 aliphatic heterocycles. The first-order valence-corrected chi connectivity index (χ1v) is 7.48. The molecule has 0 aliphatic carbocycles. The summed E-state index contributed by atoms with van der Waals surface area (Å²) in [5.74, 6) is -1.34. The second-order valence-corrected chi connectivity index (χ2v) is 5.32. The monoisotopic (exact) mass is 358 g/mol. The molecule has 0 saturated carbocycles. The smallest absolute Gasteiger partial charge is 0.271 e. The number of nitrogens with zero attached hydrogens (tertiary/aromatic N) is 2. The molecule has 2 aromatic carbocycles. The van der Waals surface area contributed by atoms with Crippen molar-refractivity contribution >= 4 is 28.9 Å². The van der Waals surface area contributed by atoms with Gasteiger partial charge in [-0.25, -0.2) is 9.82 Å². The zero-order valence-electron chi connectivity index (χ0n) is 13.7. The van der Waals surface area contributed by atoms with E-state index in [0.717, 1.165) is 0 Å². The van der Waals surface area contributed by atoms with Crippen molar-refractivity contribution in [3.8, 4) is 0 Å². The van der Waals surface area contributed by atoms with Crippen LogP contribution in [0.5, 0.6) is 0 Å². The van der Waals surface area contributed by atoms with Gasteiger partial charge < -0.3 is 5.32 Å². The third-order valence-electron chi connectivity index (χ3n) is 3.23.